The minimum Gasteiger partial charge on any atom is -0.342 e. The van der Waals surface area contributed by atoms with E-state index in [1.807, 2.05) is 19.1 Å². The Kier molecular flexibility index (Phi) is 7.45. The first-order valence-electron chi connectivity index (χ1n) is 10.7. The van der Waals surface area contributed by atoms with E-state index in [0.29, 0.717) is 35.2 Å². The van der Waals surface area contributed by atoms with Gasteiger partial charge in [-0.1, -0.05) is 48.4 Å². The number of sulfonamides is 1. The Morgan fingerprint density at radius 2 is 1.61 bits per heavy atom. The molecular weight excluding hydrogens is 432 g/mol. The molecule has 0 atom stereocenters. The van der Waals surface area contributed by atoms with E-state index in [1.165, 1.54) is 4.31 Å². The normalized spacial score (nSPS) is 15.5. The van der Waals surface area contributed by atoms with Crippen LogP contribution >= 0.6 is 11.6 Å². The van der Waals surface area contributed by atoms with E-state index < -0.39 is 10.0 Å². The highest BCUT2D eigenvalue weighted by molar-refractivity contribution is 7.89. The van der Waals surface area contributed by atoms with Crippen molar-refractivity contribution in [3.8, 4) is 0 Å². The second-order valence-electron chi connectivity index (χ2n) is 8.69. The Morgan fingerprint density at radius 3 is 2.16 bits per heavy atom. The lowest BCUT2D eigenvalue weighted by atomic mass is 9.99. The third-order valence-electron chi connectivity index (χ3n) is 5.92. The lowest BCUT2D eigenvalue weighted by Gasteiger charge is -2.32. The quantitative estimate of drug-likeness (QED) is 0.624. The topological polar surface area (TPSA) is 57.7 Å². The van der Waals surface area contributed by atoms with Gasteiger partial charge in [0, 0.05) is 24.7 Å². The molecule has 1 fully saturated rings. The van der Waals surface area contributed by atoms with E-state index in [0.717, 1.165) is 24.0 Å². The van der Waals surface area contributed by atoms with Crippen LogP contribution in [0.1, 0.15) is 42.0 Å². The molecule has 1 heterocycles. The van der Waals surface area contributed by atoms with Crippen LogP contribution in [0, 0.1) is 26.7 Å². The van der Waals surface area contributed by atoms with Crippen LogP contribution in [0.2, 0.25) is 5.02 Å². The van der Waals surface area contributed by atoms with Crippen molar-refractivity contribution in [2.24, 2.45) is 5.92 Å². The third-order valence-corrected chi connectivity index (χ3v) is 8.27. The monoisotopic (exact) mass is 462 g/mol. The molecule has 2 aromatic rings. The summed E-state index contributed by atoms with van der Waals surface area (Å²) < 4.78 is 28.8. The standard InChI is InChI=1S/C24H31ClN2O3S/c1-17-9-11-26(12-10-17)23(28)16-27(15-21-5-7-22(25)8-6-21)31(29,30)24-19(3)13-18(2)14-20(24)4/h5-8,13-14,17H,9-12,15-16H2,1-4H3. The number of carbonyl (C=O) groups excluding carboxylic acids is 1. The molecule has 0 unspecified atom stereocenters. The molecular formula is C24H31ClN2O3S. The molecule has 1 amide bonds. The lowest BCUT2D eigenvalue weighted by Crippen LogP contribution is -2.45. The van der Waals surface area contributed by atoms with Gasteiger partial charge in [-0.15, -0.1) is 0 Å². The summed E-state index contributed by atoms with van der Waals surface area (Å²) in [6, 6.07) is 10.8. The van der Waals surface area contributed by atoms with Gasteiger partial charge in [0.25, 0.3) is 0 Å². The van der Waals surface area contributed by atoms with Crippen molar-refractivity contribution in [2.45, 2.75) is 52.0 Å². The van der Waals surface area contributed by atoms with Crippen LogP contribution in [-0.4, -0.2) is 43.2 Å². The van der Waals surface area contributed by atoms with Crippen molar-refractivity contribution in [3.05, 3.63) is 63.7 Å². The number of nitrogens with zero attached hydrogens (tertiary/aromatic N) is 2. The highest BCUT2D eigenvalue weighted by Crippen LogP contribution is 2.27. The van der Waals surface area contributed by atoms with Crippen LogP contribution in [0.25, 0.3) is 0 Å². The number of halogens is 1. The molecule has 2 aromatic carbocycles. The van der Waals surface area contributed by atoms with Crippen LogP contribution < -0.4 is 0 Å². The number of hydrogen-bond acceptors (Lipinski definition) is 3. The highest BCUT2D eigenvalue weighted by Gasteiger charge is 2.32. The molecule has 168 valence electrons. The second-order valence-corrected chi connectivity index (χ2v) is 11.0. The van der Waals surface area contributed by atoms with E-state index in [4.69, 9.17) is 11.6 Å². The fraction of sp³-hybridized carbons (Fsp3) is 0.458. The van der Waals surface area contributed by atoms with Crippen molar-refractivity contribution >= 4 is 27.5 Å². The molecule has 7 heteroatoms. The number of amides is 1. The minimum absolute atomic E-state index is 0.113. The maximum Gasteiger partial charge on any atom is 0.244 e. The van der Waals surface area contributed by atoms with E-state index in [1.54, 1.807) is 43.0 Å². The summed E-state index contributed by atoms with van der Waals surface area (Å²) in [4.78, 5) is 15.1. The summed E-state index contributed by atoms with van der Waals surface area (Å²) in [6.07, 6.45) is 1.90. The number of aryl methyl sites for hydroxylation is 3. The van der Waals surface area contributed by atoms with Gasteiger partial charge in [-0.05, 0) is 68.4 Å². The molecule has 1 saturated heterocycles. The molecule has 3 rings (SSSR count). The van der Waals surface area contributed by atoms with Gasteiger partial charge in [-0.3, -0.25) is 4.79 Å². The molecule has 0 aromatic heterocycles. The molecule has 31 heavy (non-hydrogen) atoms. The molecule has 1 aliphatic heterocycles. The largest absolute Gasteiger partial charge is 0.342 e. The maximum absolute atomic E-state index is 13.8. The first kappa shape index (κ1) is 23.8. The minimum atomic E-state index is -3.88. The summed E-state index contributed by atoms with van der Waals surface area (Å²) >= 11 is 6.00. The van der Waals surface area contributed by atoms with Crippen molar-refractivity contribution in [2.75, 3.05) is 19.6 Å². The van der Waals surface area contributed by atoms with E-state index >= 15 is 0 Å². The van der Waals surface area contributed by atoms with Crippen LogP contribution in [0.15, 0.2) is 41.3 Å². The number of carbonyl (C=O) groups is 1. The summed E-state index contributed by atoms with van der Waals surface area (Å²) in [7, 11) is -3.88. The zero-order chi connectivity index (χ0) is 22.8. The fourth-order valence-electron chi connectivity index (χ4n) is 4.23. The van der Waals surface area contributed by atoms with Crippen LogP contribution in [0.4, 0.5) is 0 Å². The van der Waals surface area contributed by atoms with Gasteiger partial charge in [0.15, 0.2) is 0 Å². The molecule has 5 nitrogen and oxygen atoms in total. The van der Waals surface area contributed by atoms with Crippen molar-refractivity contribution in [1.82, 2.24) is 9.21 Å². The molecule has 0 radical (unpaired) electrons. The Labute approximate surface area is 191 Å². The van der Waals surface area contributed by atoms with Crippen LogP contribution in [0.5, 0.6) is 0 Å². The number of hydrogen-bond donors (Lipinski definition) is 0. The third kappa shape index (κ3) is 5.68. The van der Waals surface area contributed by atoms with E-state index in [9.17, 15) is 13.2 Å². The maximum atomic E-state index is 13.8. The second kappa shape index (κ2) is 9.72. The van der Waals surface area contributed by atoms with Gasteiger partial charge in [-0.25, -0.2) is 8.42 Å². The van der Waals surface area contributed by atoms with Gasteiger partial charge in [-0.2, -0.15) is 4.31 Å². The number of rotatable bonds is 6. The molecule has 1 aliphatic rings. The summed E-state index contributed by atoms with van der Waals surface area (Å²) in [5.74, 6) is 0.447. The van der Waals surface area contributed by atoms with Crippen molar-refractivity contribution < 1.29 is 13.2 Å². The average Bonchev–Trinajstić information content (AvgIpc) is 2.68. The predicted molar refractivity (Wildman–Crippen MR) is 125 cm³/mol. The molecule has 0 aliphatic carbocycles. The Balaban J connectivity index is 1.94. The SMILES string of the molecule is Cc1cc(C)c(S(=O)(=O)N(CC(=O)N2CCC(C)CC2)Cc2ccc(Cl)cc2)c(C)c1. The van der Waals surface area contributed by atoms with Crippen molar-refractivity contribution in [3.63, 3.8) is 0 Å². The molecule has 0 bridgehead atoms. The Morgan fingerprint density at radius 1 is 1.06 bits per heavy atom. The van der Waals surface area contributed by atoms with Gasteiger partial charge in [0.1, 0.15) is 0 Å². The van der Waals surface area contributed by atoms with Crippen LogP contribution in [-0.2, 0) is 21.4 Å². The van der Waals surface area contributed by atoms with Gasteiger partial charge >= 0.3 is 0 Å². The van der Waals surface area contributed by atoms with E-state index in [-0.39, 0.29) is 23.9 Å². The first-order valence-corrected chi connectivity index (χ1v) is 12.5. The first-order chi connectivity index (χ1) is 14.6. The highest BCUT2D eigenvalue weighted by atomic mass is 35.5. The lowest BCUT2D eigenvalue weighted by molar-refractivity contribution is -0.132. The van der Waals surface area contributed by atoms with Crippen molar-refractivity contribution in [1.29, 1.82) is 0 Å². The molecule has 0 N–H and O–H groups in total. The predicted octanol–water partition coefficient (Wildman–Crippen LogP) is 4.71. The average molecular weight is 463 g/mol. The number of piperidine rings is 1. The Bertz CT molecular complexity index is 1020. The number of benzene rings is 2. The van der Waals surface area contributed by atoms with E-state index in [2.05, 4.69) is 6.92 Å². The van der Waals surface area contributed by atoms with Gasteiger partial charge < -0.3 is 4.90 Å². The van der Waals surface area contributed by atoms with Crippen LogP contribution in [0.3, 0.4) is 0 Å². The number of likely N-dealkylation sites (tertiary alicyclic amines) is 1. The summed E-state index contributed by atoms with van der Waals surface area (Å²) in [5, 5.41) is 0.585. The smallest absolute Gasteiger partial charge is 0.244 e. The Hall–Kier alpha value is -1.89. The summed E-state index contributed by atoms with van der Waals surface area (Å²) in [5.41, 5.74) is 3.18. The molecule has 0 saturated carbocycles. The fourth-order valence-corrected chi connectivity index (χ4v) is 6.15. The molecule has 0 spiro atoms. The zero-order valence-corrected chi connectivity index (χ0v) is 20.3. The summed E-state index contributed by atoms with van der Waals surface area (Å²) in [6.45, 7) is 9.04. The van der Waals surface area contributed by atoms with Gasteiger partial charge in [0.05, 0.1) is 11.4 Å². The zero-order valence-electron chi connectivity index (χ0n) is 18.7. The van der Waals surface area contributed by atoms with Gasteiger partial charge in [0.2, 0.25) is 15.9 Å².